The van der Waals surface area contributed by atoms with Crippen LogP contribution in [0.15, 0.2) is 35.2 Å². The minimum atomic E-state index is -3.45. The summed E-state index contributed by atoms with van der Waals surface area (Å²) in [4.78, 5) is 20.5. The van der Waals surface area contributed by atoms with Gasteiger partial charge in [-0.2, -0.15) is 0 Å². The molecule has 0 aliphatic carbocycles. The fraction of sp³-hybridized carbons (Fsp3) is 0.267. The number of amides is 1. The Hall–Kier alpha value is -2.32. The second kappa shape index (κ2) is 6.84. The summed E-state index contributed by atoms with van der Waals surface area (Å²) < 4.78 is 25.5. The zero-order valence-electron chi connectivity index (χ0n) is 13.1. The lowest BCUT2D eigenvalue weighted by Crippen LogP contribution is -2.24. The van der Waals surface area contributed by atoms with E-state index in [1.807, 2.05) is 0 Å². The predicted octanol–water partition coefficient (Wildman–Crippen LogP) is 0.932. The summed E-state index contributed by atoms with van der Waals surface area (Å²) in [6.45, 7) is 3.80. The molecule has 122 valence electrons. The van der Waals surface area contributed by atoms with Gasteiger partial charge in [-0.15, -0.1) is 0 Å². The first-order valence-corrected chi connectivity index (χ1v) is 8.43. The molecule has 8 heteroatoms. The molecule has 23 heavy (non-hydrogen) atoms. The second-order valence-corrected chi connectivity index (χ2v) is 6.86. The first-order valence-electron chi connectivity index (χ1n) is 6.95. The Bertz CT molecular complexity index is 797. The maximum absolute atomic E-state index is 12.1. The van der Waals surface area contributed by atoms with E-state index >= 15 is 0 Å². The van der Waals surface area contributed by atoms with E-state index < -0.39 is 10.0 Å². The number of carbonyl (C=O) groups excluding carboxylic acids is 1. The topological polar surface area (TPSA) is 101 Å². The van der Waals surface area contributed by atoms with Crippen molar-refractivity contribution in [3.63, 3.8) is 0 Å². The highest BCUT2D eigenvalue weighted by molar-refractivity contribution is 7.89. The van der Waals surface area contributed by atoms with Crippen molar-refractivity contribution < 1.29 is 13.2 Å². The second-order valence-electron chi connectivity index (χ2n) is 4.98. The molecular weight excluding hydrogens is 316 g/mol. The SMILES string of the molecule is CNS(=O)(=O)c1ccc(CNC(=O)c2cc(C)nc(C)n2)cc1. The van der Waals surface area contributed by atoms with Gasteiger partial charge < -0.3 is 5.32 Å². The molecule has 2 N–H and O–H groups in total. The molecule has 0 radical (unpaired) electrons. The molecule has 0 saturated carbocycles. The first kappa shape index (κ1) is 17.0. The Balaban J connectivity index is 2.05. The molecule has 0 unspecified atom stereocenters. The largest absolute Gasteiger partial charge is 0.347 e. The predicted molar refractivity (Wildman–Crippen MR) is 85.4 cm³/mol. The van der Waals surface area contributed by atoms with E-state index in [-0.39, 0.29) is 17.3 Å². The van der Waals surface area contributed by atoms with Crippen molar-refractivity contribution in [2.75, 3.05) is 7.05 Å². The van der Waals surface area contributed by atoms with Gasteiger partial charge in [-0.25, -0.2) is 23.1 Å². The van der Waals surface area contributed by atoms with Crippen LogP contribution in [0.5, 0.6) is 0 Å². The molecule has 0 aliphatic rings. The van der Waals surface area contributed by atoms with Gasteiger partial charge in [0, 0.05) is 12.2 Å². The van der Waals surface area contributed by atoms with Gasteiger partial charge >= 0.3 is 0 Å². The number of hydrogen-bond donors (Lipinski definition) is 2. The molecule has 0 atom stereocenters. The van der Waals surface area contributed by atoms with E-state index in [1.165, 1.54) is 19.2 Å². The van der Waals surface area contributed by atoms with Crippen LogP contribution in [0.2, 0.25) is 0 Å². The van der Waals surface area contributed by atoms with Gasteiger partial charge in [-0.1, -0.05) is 12.1 Å². The number of aromatic nitrogens is 2. The number of carbonyl (C=O) groups is 1. The van der Waals surface area contributed by atoms with Crippen LogP contribution in [0, 0.1) is 13.8 Å². The van der Waals surface area contributed by atoms with Gasteiger partial charge in [0.1, 0.15) is 11.5 Å². The van der Waals surface area contributed by atoms with Crippen LogP contribution in [0.3, 0.4) is 0 Å². The van der Waals surface area contributed by atoms with Gasteiger partial charge in [0.2, 0.25) is 10.0 Å². The average Bonchev–Trinajstić information content (AvgIpc) is 2.52. The first-order chi connectivity index (χ1) is 10.8. The molecule has 0 saturated heterocycles. The summed E-state index contributed by atoms with van der Waals surface area (Å²) in [5, 5.41) is 2.75. The lowest BCUT2D eigenvalue weighted by Gasteiger charge is -2.07. The third-order valence-corrected chi connectivity index (χ3v) is 4.58. The van der Waals surface area contributed by atoms with Crippen LogP contribution < -0.4 is 10.0 Å². The van der Waals surface area contributed by atoms with Crippen LogP contribution >= 0.6 is 0 Å². The third kappa shape index (κ3) is 4.33. The molecule has 2 rings (SSSR count). The minimum absolute atomic E-state index is 0.178. The van der Waals surface area contributed by atoms with Crippen LogP contribution in [0.25, 0.3) is 0 Å². The molecule has 1 amide bonds. The van der Waals surface area contributed by atoms with E-state index in [0.717, 1.165) is 11.3 Å². The highest BCUT2D eigenvalue weighted by Crippen LogP contribution is 2.10. The highest BCUT2D eigenvalue weighted by Gasteiger charge is 2.11. The van der Waals surface area contributed by atoms with E-state index in [0.29, 0.717) is 11.5 Å². The molecule has 2 aromatic rings. The summed E-state index contributed by atoms with van der Waals surface area (Å²) in [5.41, 5.74) is 1.82. The zero-order valence-corrected chi connectivity index (χ0v) is 13.9. The molecule has 0 spiro atoms. The molecule has 7 nitrogen and oxygen atoms in total. The molecule has 0 bridgehead atoms. The van der Waals surface area contributed by atoms with Gasteiger partial charge in [-0.3, -0.25) is 4.79 Å². The summed E-state index contributed by atoms with van der Waals surface area (Å²) >= 11 is 0. The van der Waals surface area contributed by atoms with Crippen molar-refractivity contribution in [3.05, 3.63) is 53.1 Å². The summed E-state index contributed by atoms with van der Waals surface area (Å²) in [5.74, 6) is 0.238. The van der Waals surface area contributed by atoms with Crippen molar-refractivity contribution in [2.24, 2.45) is 0 Å². The van der Waals surface area contributed by atoms with Crippen LogP contribution in [-0.4, -0.2) is 31.3 Å². The maximum Gasteiger partial charge on any atom is 0.270 e. The number of rotatable bonds is 5. The Kier molecular flexibility index (Phi) is 5.07. The van der Waals surface area contributed by atoms with E-state index in [9.17, 15) is 13.2 Å². The monoisotopic (exact) mass is 334 g/mol. The fourth-order valence-electron chi connectivity index (χ4n) is 2.01. The van der Waals surface area contributed by atoms with E-state index in [1.54, 1.807) is 32.0 Å². The van der Waals surface area contributed by atoms with Crippen molar-refractivity contribution in [1.82, 2.24) is 20.0 Å². The number of hydrogen-bond acceptors (Lipinski definition) is 5. The summed E-state index contributed by atoms with van der Waals surface area (Å²) in [6, 6.07) is 7.91. The number of aryl methyl sites for hydroxylation is 2. The average molecular weight is 334 g/mol. The van der Waals surface area contributed by atoms with Gasteiger partial charge in [-0.05, 0) is 44.7 Å². The summed E-state index contributed by atoms with van der Waals surface area (Å²) in [7, 11) is -2.10. The lowest BCUT2D eigenvalue weighted by molar-refractivity contribution is 0.0945. The maximum atomic E-state index is 12.1. The molecule has 1 heterocycles. The van der Waals surface area contributed by atoms with E-state index in [4.69, 9.17) is 0 Å². The van der Waals surface area contributed by atoms with Crippen LogP contribution in [0.4, 0.5) is 0 Å². The van der Waals surface area contributed by atoms with Gasteiger partial charge in [0.05, 0.1) is 4.90 Å². The number of nitrogens with one attached hydrogen (secondary N) is 2. The molecule has 0 aliphatic heterocycles. The number of nitrogens with zero attached hydrogens (tertiary/aromatic N) is 2. The molecule has 1 aromatic heterocycles. The molecule has 0 fully saturated rings. The highest BCUT2D eigenvalue weighted by atomic mass is 32.2. The van der Waals surface area contributed by atoms with Crippen molar-refractivity contribution >= 4 is 15.9 Å². The van der Waals surface area contributed by atoms with Gasteiger partial charge in [0.25, 0.3) is 5.91 Å². The third-order valence-electron chi connectivity index (χ3n) is 3.15. The van der Waals surface area contributed by atoms with E-state index in [2.05, 4.69) is 20.0 Å². The standard InChI is InChI=1S/C15H18N4O3S/c1-10-8-14(19-11(2)18-10)15(20)17-9-12-4-6-13(7-5-12)23(21,22)16-3/h4-8,16H,9H2,1-3H3,(H,17,20). The number of sulfonamides is 1. The van der Waals surface area contributed by atoms with Crippen molar-refractivity contribution in [1.29, 1.82) is 0 Å². The quantitative estimate of drug-likeness (QED) is 0.847. The smallest absolute Gasteiger partial charge is 0.270 e. The Morgan fingerprint density at radius 1 is 1.13 bits per heavy atom. The minimum Gasteiger partial charge on any atom is -0.347 e. The van der Waals surface area contributed by atoms with Gasteiger partial charge in [0.15, 0.2) is 0 Å². The molecular formula is C15H18N4O3S. The molecule has 1 aromatic carbocycles. The zero-order chi connectivity index (χ0) is 17.0. The van der Waals surface area contributed by atoms with Crippen LogP contribution in [0.1, 0.15) is 27.6 Å². The summed E-state index contributed by atoms with van der Waals surface area (Å²) in [6.07, 6.45) is 0. The Morgan fingerprint density at radius 2 is 1.78 bits per heavy atom. The van der Waals surface area contributed by atoms with Crippen molar-refractivity contribution in [2.45, 2.75) is 25.3 Å². The van der Waals surface area contributed by atoms with Crippen molar-refractivity contribution in [3.8, 4) is 0 Å². The van der Waals surface area contributed by atoms with Crippen LogP contribution in [-0.2, 0) is 16.6 Å². The normalized spacial score (nSPS) is 11.3. The fourth-order valence-corrected chi connectivity index (χ4v) is 2.74. The Morgan fingerprint density at radius 3 is 2.35 bits per heavy atom. The Labute approximate surface area is 135 Å². The number of benzene rings is 1. The lowest BCUT2D eigenvalue weighted by atomic mass is 10.2.